The van der Waals surface area contributed by atoms with E-state index in [0.717, 1.165) is 4.47 Å². The van der Waals surface area contributed by atoms with Crippen molar-refractivity contribution in [2.24, 2.45) is 5.10 Å². The summed E-state index contributed by atoms with van der Waals surface area (Å²) >= 11 is 9.33. The van der Waals surface area contributed by atoms with E-state index in [4.69, 9.17) is 21.1 Å². The minimum absolute atomic E-state index is 0.105. The van der Waals surface area contributed by atoms with Crippen LogP contribution in [0.15, 0.2) is 50.9 Å². The molecule has 0 unspecified atom stereocenters. The van der Waals surface area contributed by atoms with Crippen molar-refractivity contribution >= 4 is 43.8 Å². The Morgan fingerprint density at radius 1 is 1.17 bits per heavy atom. The third kappa shape index (κ3) is 4.40. The Morgan fingerprint density at radius 3 is 2.42 bits per heavy atom. The monoisotopic (exact) mass is 432 g/mol. The van der Waals surface area contributed by atoms with E-state index in [-0.39, 0.29) is 4.90 Å². The summed E-state index contributed by atoms with van der Waals surface area (Å²) in [5.74, 6) is 0.814. The average Bonchev–Trinajstić information content (AvgIpc) is 2.54. The van der Waals surface area contributed by atoms with Crippen LogP contribution >= 0.6 is 27.5 Å². The molecule has 0 fully saturated rings. The molecule has 0 aliphatic rings. The summed E-state index contributed by atoms with van der Waals surface area (Å²) in [6, 6.07) is 9.41. The summed E-state index contributed by atoms with van der Waals surface area (Å²) in [6.45, 7) is 0. The second-order valence-corrected chi connectivity index (χ2v) is 7.53. The molecular weight excluding hydrogens is 420 g/mol. The summed E-state index contributed by atoms with van der Waals surface area (Å²) in [6.07, 6.45) is 1.32. The molecule has 0 aliphatic carbocycles. The number of rotatable bonds is 6. The van der Waals surface area contributed by atoms with E-state index < -0.39 is 10.0 Å². The highest BCUT2D eigenvalue weighted by Gasteiger charge is 2.13. The molecule has 0 amide bonds. The Labute approximate surface area is 153 Å². The fourth-order valence-corrected chi connectivity index (χ4v) is 3.20. The maximum absolute atomic E-state index is 12.1. The largest absolute Gasteiger partial charge is 0.493 e. The molecule has 0 heterocycles. The summed E-state index contributed by atoms with van der Waals surface area (Å²) in [7, 11) is -0.790. The van der Waals surface area contributed by atoms with Gasteiger partial charge in [-0.3, -0.25) is 0 Å². The summed E-state index contributed by atoms with van der Waals surface area (Å²) in [4.78, 5) is 2.24. The minimum Gasteiger partial charge on any atom is -0.493 e. The maximum atomic E-state index is 12.1. The van der Waals surface area contributed by atoms with E-state index in [9.17, 15) is 8.42 Å². The highest BCUT2D eigenvalue weighted by atomic mass is 79.9. The van der Waals surface area contributed by atoms with Crippen molar-refractivity contribution in [2.75, 3.05) is 14.2 Å². The first-order chi connectivity index (χ1) is 11.4. The lowest BCUT2D eigenvalue weighted by Gasteiger charge is -2.10. The number of nitrogens with one attached hydrogen (secondary N) is 1. The molecule has 0 radical (unpaired) electrons. The number of hydrogen-bond acceptors (Lipinski definition) is 5. The summed E-state index contributed by atoms with van der Waals surface area (Å²) < 4.78 is 35.3. The van der Waals surface area contributed by atoms with Crippen molar-refractivity contribution < 1.29 is 17.9 Å². The van der Waals surface area contributed by atoms with Crippen molar-refractivity contribution in [1.82, 2.24) is 4.83 Å². The van der Waals surface area contributed by atoms with Crippen LogP contribution in [-0.4, -0.2) is 28.9 Å². The third-order valence-electron chi connectivity index (χ3n) is 2.97. The molecule has 0 aliphatic heterocycles. The predicted molar refractivity (Wildman–Crippen MR) is 96.6 cm³/mol. The number of hydrogen-bond donors (Lipinski definition) is 1. The SMILES string of the molecule is COc1cc(/C=N\NS(=O)(=O)c2ccc(Br)cc2)cc(Cl)c1OC. The first kappa shape index (κ1) is 18.6. The maximum Gasteiger partial charge on any atom is 0.276 e. The van der Waals surface area contributed by atoms with Crippen molar-refractivity contribution in [3.05, 3.63) is 51.5 Å². The lowest BCUT2D eigenvalue weighted by atomic mass is 10.2. The van der Waals surface area contributed by atoms with Gasteiger partial charge in [0.15, 0.2) is 11.5 Å². The van der Waals surface area contributed by atoms with Gasteiger partial charge in [-0.25, -0.2) is 4.83 Å². The van der Waals surface area contributed by atoms with Gasteiger partial charge in [0, 0.05) is 4.47 Å². The molecule has 0 spiro atoms. The van der Waals surface area contributed by atoms with Crippen molar-refractivity contribution in [3.63, 3.8) is 0 Å². The number of ether oxygens (including phenoxy) is 2. The minimum atomic E-state index is -3.74. The lowest BCUT2D eigenvalue weighted by Crippen LogP contribution is -2.18. The first-order valence-corrected chi connectivity index (χ1v) is 9.24. The molecule has 0 atom stereocenters. The molecule has 2 aromatic carbocycles. The molecule has 1 N–H and O–H groups in total. The molecule has 9 heteroatoms. The zero-order valence-corrected chi connectivity index (χ0v) is 15.9. The van der Waals surface area contributed by atoms with Crippen LogP contribution in [-0.2, 0) is 10.0 Å². The van der Waals surface area contributed by atoms with Gasteiger partial charge in [0.05, 0.1) is 30.4 Å². The smallest absolute Gasteiger partial charge is 0.276 e. The van der Waals surface area contributed by atoms with E-state index in [1.807, 2.05) is 0 Å². The molecule has 0 aromatic heterocycles. The predicted octanol–water partition coefficient (Wildman–Crippen LogP) is 3.43. The van der Waals surface area contributed by atoms with E-state index in [1.165, 1.54) is 32.6 Å². The number of hydrazone groups is 1. The molecule has 6 nitrogen and oxygen atoms in total. The quantitative estimate of drug-likeness (QED) is 0.559. The van der Waals surface area contributed by atoms with Gasteiger partial charge in [0.1, 0.15) is 0 Å². The van der Waals surface area contributed by atoms with Gasteiger partial charge in [0.2, 0.25) is 0 Å². The zero-order chi connectivity index (χ0) is 17.7. The van der Waals surface area contributed by atoms with Gasteiger partial charge in [-0.15, -0.1) is 0 Å². The average molecular weight is 434 g/mol. The number of halogens is 2. The third-order valence-corrected chi connectivity index (χ3v) is 5.01. The van der Waals surface area contributed by atoms with E-state index in [1.54, 1.807) is 24.3 Å². The van der Waals surface area contributed by atoms with Crippen LogP contribution in [0.5, 0.6) is 11.5 Å². The van der Waals surface area contributed by atoms with Crippen molar-refractivity contribution in [3.8, 4) is 11.5 Å². The van der Waals surface area contributed by atoms with Crippen molar-refractivity contribution in [1.29, 1.82) is 0 Å². The van der Waals surface area contributed by atoms with E-state index in [0.29, 0.717) is 22.1 Å². The number of sulfonamides is 1. The Kier molecular flexibility index (Phi) is 6.09. The summed E-state index contributed by atoms with van der Waals surface area (Å²) in [5.41, 5.74) is 0.552. The fourth-order valence-electron chi connectivity index (χ4n) is 1.85. The van der Waals surface area contributed by atoms with Gasteiger partial charge in [-0.1, -0.05) is 27.5 Å². The first-order valence-electron chi connectivity index (χ1n) is 6.59. The molecule has 0 saturated carbocycles. The number of benzene rings is 2. The van der Waals surface area contributed by atoms with Gasteiger partial charge < -0.3 is 9.47 Å². The molecule has 0 saturated heterocycles. The van der Waals surface area contributed by atoms with E-state index in [2.05, 4.69) is 25.9 Å². The molecule has 24 heavy (non-hydrogen) atoms. The standard InChI is InChI=1S/C15H14BrClN2O4S/c1-22-14-8-10(7-13(17)15(14)23-2)9-18-19-24(20,21)12-5-3-11(16)4-6-12/h3-9,19H,1-2H3/b18-9-. The topological polar surface area (TPSA) is 77.0 Å². The van der Waals surface area contributed by atoms with Crippen LogP contribution in [0, 0.1) is 0 Å². The number of methoxy groups -OCH3 is 2. The molecule has 2 aromatic rings. The highest BCUT2D eigenvalue weighted by Crippen LogP contribution is 2.35. The Balaban J connectivity index is 2.19. The van der Waals surface area contributed by atoms with Gasteiger partial charge >= 0.3 is 0 Å². The van der Waals surface area contributed by atoms with Crippen LogP contribution in [0.3, 0.4) is 0 Å². The number of nitrogens with zero attached hydrogens (tertiary/aromatic N) is 1. The second kappa shape index (κ2) is 7.87. The Hall–Kier alpha value is -1.77. The van der Waals surface area contributed by atoms with Crippen LogP contribution in [0.25, 0.3) is 0 Å². The van der Waals surface area contributed by atoms with Crippen molar-refractivity contribution in [2.45, 2.75) is 4.90 Å². The van der Waals surface area contributed by atoms with Crippen LogP contribution in [0.4, 0.5) is 0 Å². The molecule has 2 rings (SSSR count). The highest BCUT2D eigenvalue weighted by molar-refractivity contribution is 9.10. The lowest BCUT2D eigenvalue weighted by molar-refractivity contribution is 0.355. The van der Waals surface area contributed by atoms with Crippen LogP contribution in [0.2, 0.25) is 5.02 Å². The second-order valence-electron chi connectivity index (χ2n) is 4.55. The van der Waals surface area contributed by atoms with Gasteiger partial charge in [-0.05, 0) is 42.0 Å². The van der Waals surface area contributed by atoms with Crippen LogP contribution in [0.1, 0.15) is 5.56 Å². The fraction of sp³-hybridized carbons (Fsp3) is 0.133. The van der Waals surface area contributed by atoms with Gasteiger partial charge in [-0.2, -0.15) is 13.5 Å². The molecule has 128 valence electrons. The summed E-state index contributed by atoms with van der Waals surface area (Å²) in [5, 5.41) is 4.08. The van der Waals surface area contributed by atoms with Crippen LogP contribution < -0.4 is 14.3 Å². The normalized spacial score (nSPS) is 11.5. The molecular formula is C15H14BrClN2O4S. The van der Waals surface area contributed by atoms with E-state index >= 15 is 0 Å². The zero-order valence-electron chi connectivity index (χ0n) is 12.8. The Morgan fingerprint density at radius 2 is 1.83 bits per heavy atom. The molecule has 0 bridgehead atoms. The Bertz CT molecular complexity index is 855. The van der Waals surface area contributed by atoms with Gasteiger partial charge in [0.25, 0.3) is 10.0 Å².